The largest absolute Gasteiger partial charge is 0.394 e. The summed E-state index contributed by atoms with van der Waals surface area (Å²) in [6.45, 7) is 6.19. The molecule has 1 aromatic heterocycles. The first-order chi connectivity index (χ1) is 9.95. The van der Waals surface area contributed by atoms with Crippen LogP contribution in [0, 0.1) is 5.41 Å². The van der Waals surface area contributed by atoms with Gasteiger partial charge in [0.2, 0.25) is 0 Å². The molecule has 0 bridgehead atoms. The Bertz CT molecular complexity index is 544. The molecule has 21 heavy (non-hydrogen) atoms. The summed E-state index contributed by atoms with van der Waals surface area (Å²) in [6.07, 6.45) is 3.90. The van der Waals surface area contributed by atoms with Crippen LogP contribution in [0.25, 0.3) is 0 Å². The summed E-state index contributed by atoms with van der Waals surface area (Å²) in [7, 11) is 0. The number of aliphatic hydroxyl groups is 1. The van der Waals surface area contributed by atoms with Crippen LogP contribution in [0.4, 0.5) is 5.69 Å². The lowest BCUT2D eigenvalue weighted by Gasteiger charge is -2.39. The number of aliphatic hydroxyl groups excluding tert-OH is 1. The maximum absolute atomic E-state index is 12.0. The Hall–Kier alpha value is -1.11. The Morgan fingerprint density at radius 1 is 1.62 bits per heavy atom. The van der Waals surface area contributed by atoms with E-state index in [-0.39, 0.29) is 29.1 Å². The molecule has 1 aliphatic rings. The Balaban J connectivity index is 2.07. The summed E-state index contributed by atoms with van der Waals surface area (Å²) in [5, 5.41) is 19.7. The van der Waals surface area contributed by atoms with E-state index in [2.05, 4.69) is 29.6 Å². The SMILES string of the molecule is CC1(C)CCCNC1CNc1cnn(CCO)c(=O)c1Cl. The second-order valence-electron chi connectivity index (χ2n) is 6.10. The van der Waals surface area contributed by atoms with Crippen molar-refractivity contribution in [2.24, 2.45) is 5.41 Å². The number of nitrogens with zero attached hydrogens (tertiary/aromatic N) is 2. The highest BCUT2D eigenvalue weighted by Crippen LogP contribution is 2.30. The zero-order valence-corrected chi connectivity index (χ0v) is 13.3. The van der Waals surface area contributed by atoms with Crippen LogP contribution in [0.5, 0.6) is 0 Å². The molecule has 7 heteroatoms. The molecule has 3 N–H and O–H groups in total. The van der Waals surface area contributed by atoms with Crippen LogP contribution in [0.2, 0.25) is 5.02 Å². The Labute approximate surface area is 129 Å². The topological polar surface area (TPSA) is 79.2 Å². The van der Waals surface area contributed by atoms with Gasteiger partial charge in [-0.15, -0.1) is 0 Å². The van der Waals surface area contributed by atoms with Crippen LogP contribution in [-0.2, 0) is 6.54 Å². The van der Waals surface area contributed by atoms with Crippen molar-refractivity contribution in [2.75, 3.05) is 25.0 Å². The lowest BCUT2D eigenvalue weighted by molar-refractivity contribution is 0.188. The maximum Gasteiger partial charge on any atom is 0.287 e. The second kappa shape index (κ2) is 6.77. The normalized spacial score (nSPS) is 21.2. The third-order valence-corrected chi connectivity index (χ3v) is 4.49. The molecule has 1 saturated heterocycles. The van der Waals surface area contributed by atoms with E-state index in [1.807, 2.05) is 0 Å². The molecule has 2 rings (SSSR count). The van der Waals surface area contributed by atoms with Crippen molar-refractivity contribution in [1.29, 1.82) is 0 Å². The molecule has 1 atom stereocenters. The minimum absolute atomic E-state index is 0.118. The molecule has 1 unspecified atom stereocenters. The molecule has 118 valence electrons. The lowest BCUT2D eigenvalue weighted by atomic mass is 9.77. The third kappa shape index (κ3) is 3.75. The maximum atomic E-state index is 12.0. The number of halogens is 1. The fourth-order valence-corrected chi connectivity index (χ4v) is 2.89. The molecule has 0 aromatic carbocycles. The predicted octanol–water partition coefficient (Wildman–Crippen LogP) is 1.08. The smallest absolute Gasteiger partial charge is 0.287 e. The minimum Gasteiger partial charge on any atom is -0.394 e. The van der Waals surface area contributed by atoms with Gasteiger partial charge in [0, 0.05) is 12.6 Å². The minimum atomic E-state index is -0.383. The molecule has 6 nitrogen and oxygen atoms in total. The molecular weight excluding hydrogens is 292 g/mol. The van der Waals surface area contributed by atoms with Gasteiger partial charge >= 0.3 is 0 Å². The van der Waals surface area contributed by atoms with Gasteiger partial charge in [-0.05, 0) is 24.8 Å². The molecule has 0 amide bonds. The van der Waals surface area contributed by atoms with Crippen molar-refractivity contribution in [1.82, 2.24) is 15.1 Å². The van der Waals surface area contributed by atoms with Gasteiger partial charge in [0.25, 0.3) is 5.56 Å². The van der Waals surface area contributed by atoms with Gasteiger partial charge in [-0.1, -0.05) is 25.4 Å². The van der Waals surface area contributed by atoms with E-state index in [1.165, 1.54) is 19.0 Å². The summed E-state index contributed by atoms with van der Waals surface area (Å²) in [4.78, 5) is 12.0. The number of piperidine rings is 1. The van der Waals surface area contributed by atoms with Gasteiger partial charge < -0.3 is 15.7 Å². The van der Waals surface area contributed by atoms with Gasteiger partial charge in [-0.25, -0.2) is 4.68 Å². The highest BCUT2D eigenvalue weighted by atomic mass is 35.5. The summed E-state index contributed by atoms with van der Waals surface area (Å²) >= 11 is 6.09. The third-order valence-electron chi connectivity index (χ3n) is 4.13. The monoisotopic (exact) mass is 314 g/mol. The number of nitrogens with one attached hydrogen (secondary N) is 2. The van der Waals surface area contributed by atoms with E-state index >= 15 is 0 Å². The summed E-state index contributed by atoms with van der Waals surface area (Å²) in [6, 6.07) is 0.321. The van der Waals surface area contributed by atoms with Gasteiger partial charge in [-0.3, -0.25) is 4.79 Å². The van der Waals surface area contributed by atoms with Crippen LogP contribution < -0.4 is 16.2 Å². The quantitative estimate of drug-likeness (QED) is 0.758. The molecule has 0 spiro atoms. The predicted molar refractivity (Wildman–Crippen MR) is 83.9 cm³/mol. The summed E-state index contributed by atoms with van der Waals surface area (Å²) in [5.74, 6) is 0. The van der Waals surface area contributed by atoms with Crippen LogP contribution in [0.3, 0.4) is 0 Å². The zero-order chi connectivity index (χ0) is 15.5. The van der Waals surface area contributed by atoms with Crippen LogP contribution in [0.15, 0.2) is 11.0 Å². The van der Waals surface area contributed by atoms with Crippen molar-refractivity contribution < 1.29 is 5.11 Å². The zero-order valence-electron chi connectivity index (χ0n) is 12.5. The molecule has 1 fully saturated rings. The molecule has 0 aliphatic carbocycles. The number of hydrogen-bond acceptors (Lipinski definition) is 5. The fourth-order valence-electron chi connectivity index (χ4n) is 2.67. The summed E-state index contributed by atoms with van der Waals surface area (Å²) in [5.41, 5.74) is 0.363. The molecular formula is C14H23ClN4O2. The van der Waals surface area contributed by atoms with Crippen molar-refractivity contribution in [3.63, 3.8) is 0 Å². The van der Waals surface area contributed by atoms with Crippen LogP contribution >= 0.6 is 11.6 Å². The molecule has 1 aromatic rings. The molecule has 1 aliphatic heterocycles. The Morgan fingerprint density at radius 3 is 3.05 bits per heavy atom. The number of rotatable bonds is 5. The standard InChI is InChI=1S/C14H23ClN4O2/c1-14(2)4-3-5-16-11(14)9-17-10-8-18-19(6-7-20)13(21)12(10)15/h8,11,16-17,20H,3-7,9H2,1-2H3. The summed E-state index contributed by atoms with van der Waals surface area (Å²) < 4.78 is 1.16. The van der Waals surface area contributed by atoms with E-state index in [1.54, 1.807) is 0 Å². The van der Waals surface area contributed by atoms with Crippen molar-refractivity contribution in [3.8, 4) is 0 Å². The van der Waals surface area contributed by atoms with E-state index < -0.39 is 0 Å². The second-order valence-corrected chi connectivity index (χ2v) is 6.48. The van der Waals surface area contributed by atoms with E-state index in [9.17, 15) is 4.79 Å². The van der Waals surface area contributed by atoms with Crippen LogP contribution in [0.1, 0.15) is 26.7 Å². The number of aromatic nitrogens is 2. The first-order valence-electron chi connectivity index (χ1n) is 7.29. The first-order valence-corrected chi connectivity index (χ1v) is 7.67. The van der Waals surface area contributed by atoms with Crippen LogP contribution in [-0.4, -0.2) is 40.6 Å². The van der Waals surface area contributed by atoms with E-state index in [4.69, 9.17) is 16.7 Å². The van der Waals surface area contributed by atoms with E-state index in [0.717, 1.165) is 11.2 Å². The Morgan fingerprint density at radius 2 is 2.38 bits per heavy atom. The Kier molecular flexibility index (Phi) is 5.24. The molecule has 2 heterocycles. The average Bonchev–Trinajstić information content (AvgIpc) is 2.44. The van der Waals surface area contributed by atoms with Crippen molar-refractivity contribution in [3.05, 3.63) is 21.6 Å². The number of anilines is 1. The van der Waals surface area contributed by atoms with Gasteiger partial charge in [0.1, 0.15) is 5.02 Å². The van der Waals surface area contributed by atoms with Crippen molar-refractivity contribution in [2.45, 2.75) is 39.3 Å². The molecule has 0 radical (unpaired) electrons. The number of hydrogen-bond donors (Lipinski definition) is 3. The fraction of sp³-hybridized carbons (Fsp3) is 0.714. The van der Waals surface area contributed by atoms with Gasteiger partial charge in [0.15, 0.2) is 0 Å². The van der Waals surface area contributed by atoms with Gasteiger partial charge in [0.05, 0.1) is 25.0 Å². The van der Waals surface area contributed by atoms with E-state index in [0.29, 0.717) is 18.3 Å². The average molecular weight is 315 g/mol. The highest BCUT2D eigenvalue weighted by Gasteiger charge is 2.31. The van der Waals surface area contributed by atoms with Gasteiger partial charge in [-0.2, -0.15) is 5.10 Å². The molecule has 0 saturated carbocycles. The van der Waals surface area contributed by atoms with Crippen molar-refractivity contribution >= 4 is 17.3 Å². The lowest BCUT2D eigenvalue weighted by Crippen LogP contribution is -2.50. The first kappa shape index (κ1) is 16.3. The highest BCUT2D eigenvalue weighted by molar-refractivity contribution is 6.32.